The van der Waals surface area contributed by atoms with E-state index < -0.39 is 39.3 Å². The number of carbonyl (C=O) groups is 1. The highest BCUT2D eigenvalue weighted by Crippen LogP contribution is 2.52. The van der Waals surface area contributed by atoms with Crippen LogP contribution in [-0.4, -0.2) is 39.5 Å². The van der Waals surface area contributed by atoms with Crippen LogP contribution >= 0.6 is 0 Å². The van der Waals surface area contributed by atoms with Gasteiger partial charge in [-0.3, -0.25) is 4.79 Å². The first kappa shape index (κ1) is 25.7. The van der Waals surface area contributed by atoms with Crippen LogP contribution in [0.3, 0.4) is 0 Å². The summed E-state index contributed by atoms with van der Waals surface area (Å²) in [5.41, 5.74) is -5.27. The smallest absolute Gasteiger partial charge is 0.357 e. The zero-order chi connectivity index (χ0) is 24.4. The van der Waals surface area contributed by atoms with Crippen molar-refractivity contribution in [1.82, 2.24) is 0 Å². The molecule has 1 N–H and O–H groups in total. The van der Waals surface area contributed by atoms with Crippen molar-refractivity contribution in [2.24, 2.45) is 0 Å². The molecule has 0 saturated carbocycles. The molecule has 0 aliphatic rings. The van der Waals surface area contributed by atoms with Gasteiger partial charge in [-0.25, -0.2) is 8.42 Å². The molecule has 176 valence electrons. The van der Waals surface area contributed by atoms with E-state index in [1.54, 1.807) is 0 Å². The third-order valence-corrected chi connectivity index (χ3v) is 6.46. The van der Waals surface area contributed by atoms with Crippen LogP contribution in [0.5, 0.6) is 0 Å². The fourth-order valence-corrected chi connectivity index (χ4v) is 3.88. The molecule has 12 heteroatoms. The van der Waals surface area contributed by atoms with Crippen molar-refractivity contribution in [3.63, 3.8) is 0 Å². The van der Waals surface area contributed by atoms with Gasteiger partial charge in [0.1, 0.15) is 0 Å². The number of ether oxygens (including phenoxy) is 1. The molecule has 0 fully saturated rings. The van der Waals surface area contributed by atoms with Crippen molar-refractivity contribution in [3.05, 3.63) is 59.7 Å². The van der Waals surface area contributed by atoms with Gasteiger partial charge in [0.2, 0.25) is 5.91 Å². The largest absolute Gasteiger partial charge is 0.430 e. The van der Waals surface area contributed by atoms with Crippen molar-refractivity contribution in [2.75, 3.05) is 18.2 Å². The van der Waals surface area contributed by atoms with Crippen LogP contribution in [-0.2, 0) is 31.4 Å². The number of halogens is 6. The fourth-order valence-electron chi connectivity index (χ4n) is 3.00. The van der Waals surface area contributed by atoms with Crippen LogP contribution in [0.15, 0.2) is 53.4 Å². The summed E-state index contributed by atoms with van der Waals surface area (Å²) in [6.07, 6.45) is -11.7. The van der Waals surface area contributed by atoms with Gasteiger partial charge in [0.05, 0.1) is 17.1 Å². The van der Waals surface area contributed by atoms with E-state index in [-0.39, 0.29) is 22.8 Å². The minimum absolute atomic E-state index is 0.0294. The molecule has 0 aliphatic carbocycles. The number of rotatable bonds is 7. The number of methoxy groups -OCH3 is 1. The molecule has 2 aromatic rings. The minimum atomic E-state index is -5.78. The number of carbonyl (C=O) groups excluding carboxylic acids is 1. The molecule has 1 amide bonds. The standard InChI is InChI=1S/C20H19F6NO4S/c1-3-32(29,30)16-10-4-13(5-11-16)12-17(28)27-15-8-6-14(7-9-15)18(31-2,19(21,22)23)20(24,25)26/h4-11H,3,12H2,1-2H3,(H,27,28). The molecule has 32 heavy (non-hydrogen) atoms. The van der Waals surface area contributed by atoms with Gasteiger partial charge < -0.3 is 10.1 Å². The Morgan fingerprint density at radius 1 is 0.906 bits per heavy atom. The molecule has 2 rings (SSSR count). The summed E-state index contributed by atoms with van der Waals surface area (Å²) in [4.78, 5) is 12.3. The summed E-state index contributed by atoms with van der Waals surface area (Å²) in [5, 5.41) is 2.36. The summed E-state index contributed by atoms with van der Waals surface area (Å²) in [7, 11) is -3.09. The topological polar surface area (TPSA) is 72.5 Å². The zero-order valence-corrected chi connectivity index (χ0v) is 17.7. The van der Waals surface area contributed by atoms with Crippen LogP contribution in [0, 0.1) is 0 Å². The second-order valence-electron chi connectivity index (χ2n) is 6.73. The SMILES string of the molecule is CCS(=O)(=O)c1ccc(CC(=O)Nc2ccc(C(OC)(C(F)(F)F)C(F)(F)F)cc2)cc1. The maximum atomic E-state index is 13.3. The van der Waals surface area contributed by atoms with Crippen LogP contribution < -0.4 is 5.32 Å². The third kappa shape index (κ3) is 5.07. The number of anilines is 1. The zero-order valence-electron chi connectivity index (χ0n) is 16.8. The first-order valence-electron chi connectivity index (χ1n) is 9.08. The first-order chi connectivity index (χ1) is 14.7. The molecular weight excluding hydrogens is 464 g/mol. The van der Waals surface area contributed by atoms with Gasteiger partial charge in [-0.05, 0) is 29.8 Å². The average molecular weight is 483 g/mol. The molecular formula is C20H19F6NO4S. The second kappa shape index (κ2) is 9.10. The maximum Gasteiger partial charge on any atom is 0.430 e. The Morgan fingerprint density at radius 2 is 1.41 bits per heavy atom. The van der Waals surface area contributed by atoms with E-state index in [1.807, 2.05) is 0 Å². The van der Waals surface area contributed by atoms with Gasteiger partial charge in [-0.15, -0.1) is 0 Å². The monoisotopic (exact) mass is 483 g/mol. The summed E-state index contributed by atoms with van der Waals surface area (Å²) in [6.45, 7) is 1.49. The van der Waals surface area contributed by atoms with E-state index in [2.05, 4.69) is 10.1 Å². The minimum Gasteiger partial charge on any atom is -0.357 e. The van der Waals surface area contributed by atoms with E-state index in [0.717, 1.165) is 12.1 Å². The summed E-state index contributed by atoms with van der Waals surface area (Å²) < 4.78 is 107. The lowest BCUT2D eigenvalue weighted by molar-refractivity contribution is -0.383. The molecule has 0 atom stereocenters. The second-order valence-corrected chi connectivity index (χ2v) is 9.01. The number of nitrogens with one attached hydrogen (secondary N) is 1. The van der Waals surface area contributed by atoms with Crippen molar-refractivity contribution in [1.29, 1.82) is 0 Å². The summed E-state index contributed by atoms with van der Waals surface area (Å²) in [5.74, 6) is -0.691. The Hall–Kier alpha value is -2.60. The number of hydrogen-bond acceptors (Lipinski definition) is 4. The highest BCUT2D eigenvalue weighted by molar-refractivity contribution is 7.91. The predicted molar refractivity (Wildman–Crippen MR) is 104 cm³/mol. The van der Waals surface area contributed by atoms with Crippen molar-refractivity contribution in [3.8, 4) is 0 Å². The Labute approximate surface area is 180 Å². The average Bonchev–Trinajstić information content (AvgIpc) is 2.68. The fraction of sp³-hybridized carbons (Fsp3) is 0.350. The number of alkyl halides is 6. The highest BCUT2D eigenvalue weighted by Gasteiger charge is 2.72. The van der Waals surface area contributed by atoms with Crippen molar-refractivity contribution in [2.45, 2.75) is 36.2 Å². The molecule has 0 heterocycles. The quantitative estimate of drug-likeness (QED) is 0.583. The number of amides is 1. The maximum absolute atomic E-state index is 13.3. The Kier molecular flexibility index (Phi) is 7.30. The van der Waals surface area contributed by atoms with Crippen LogP contribution in [0.4, 0.5) is 32.0 Å². The number of hydrogen-bond donors (Lipinski definition) is 1. The van der Waals surface area contributed by atoms with Gasteiger partial charge in [-0.2, -0.15) is 26.3 Å². The van der Waals surface area contributed by atoms with E-state index in [9.17, 15) is 39.6 Å². The van der Waals surface area contributed by atoms with Crippen LogP contribution in [0.1, 0.15) is 18.1 Å². The lowest BCUT2D eigenvalue weighted by Crippen LogP contribution is -2.55. The van der Waals surface area contributed by atoms with E-state index in [1.165, 1.54) is 31.2 Å². The van der Waals surface area contributed by atoms with Gasteiger partial charge in [0.25, 0.3) is 5.60 Å². The molecule has 5 nitrogen and oxygen atoms in total. The molecule has 2 aromatic carbocycles. The Bertz CT molecular complexity index is 1030. The third-order valence-electron chi connectivity index (χ3n) is 4.71. The predicted octanol–water partition coefficient (Wildman–Crippen LogP) is 4.63. The van der Waals surface area contributed by atoms with Gasteiger partial charge in [-0.1, -0.05) is 31.2 Å². The summed E-state index contributed by atoms with van der Waals surface area (Å²) in [6, 6.07) is 8.50. The number of sulfone groups is 1. The molecule has 0 radical (unpaired) electrons. The molecule has 0 spiro atoms. The molecule has 0 unspecified atom stereocenters. The Morgan fingerprint density at radius 3 is 1.81 bits per heavy atom. The van der Waals surface area contributed by atoms with E-state index in [4.69, 9.17) is 0 Å². The lowest BCUT2D eigenvalue weighted by Gasteiger charge is -2.36. The van der Waals surface area contributed by atoms with Gasteiger partial charge >= 0.3 is 12.4 Å². The van der Waals surface area contributed by atoms with Gasteiger partial charge in [0.15, 0.2) is 9.84 Å². The molecule has 0 saturated heterocycles. The van der Waals surface area contributed by atoms with Gasteiger partial charge in [0, 0.05) is 18.4 Å². The first-order valence-corrected chi connectivity index (χ1v) is 10.7. The van der Waals surface area contributed by atoms with Crippen molar-refractivity contribution >= 4 is 21.4 Å². The molecule has 0 aliphatic heterocycles. The van der Waals surface area contributed by atoms with E-state index in [0.29, 0.717) is 24.8 Å². The molecule has 0 bridgehead atoms. The van der Waals surface area contributed by atoms with Crippen LogP contribution in [0.2, 0.25) is 0 Å². The highest BCUT2D eigenvalue weighted by atomic mass is 32.2. The van der Waals surface area contributed by atoms with E-state index >= 15 is 0 Å². The van der Waals surface area contributed by atoms with Crippen LogP contribution in [0.25, 0.3) is 0 Å². The number of benzene rings is 2. The van der Waals surface area contributed by atoms with Crippen molar-refractivity contribution < 1.29 is 44.3 Å². The Balaban J connectivity index is 2.18. The molecule has 0 aromatic heterocycles. The lowest BCUT2D eigenvalue weighted by atomic mass is 9.91. The normalized spacial score (nSPS) is 13.1. The summed E-state index contributed by atoms with van der Waals surface area (Å²) >= 11 is 0.